The van der Waals surface area contributed by atoms with Crippen LogP contribution in [0.3, 0.4) is 0 Å². The molecular formula is C5H10O4S. The molecular weight excluding hydrogens is 156 g/mol. The Morgan fingerprint density at radius 3 is 2.20 bits per heavy atom. The van der Waals surface area contributed by atoms with E-state index in [9.17, 15) is 8.42 Å². The van der Waals surface area contributed by atoms with Crippen LogP contribution < -0.4 is 0 Å². The Morgan fingerprint density at radius 1 is 1.20 bits per heavy atom. The Labute approximate surface area is 59.4 Å². The Hall–Kier alpha value is -0.130. The van der Waals surface area contributed by atoms with Crippen LogP contribution in [0.5, 0.6) is 0 Å². The molecule has 0 amide bonds. The SMILES string of the molecule is O=S1(=O)CC[C@H](O)[C@@H](O)C1. The molecule has 0 saturated carbocycles. The highest BCUT2D eigenvalue weighted by molar-refractivity contribution is 7.91. The van der Waals surface area contributed by atoms with Gasteiger partial charge in [-0.1, -0.05) is 0 Å². The fraction of sp³-hybridized carbons (Fsp3) is 1.00. The maximum atomic E-state index is 10.7. The summed E-state index contributed by atoms with van der Waals surface area (Å²) < 4.78 is 21.5. The zero-order valence-electron chi connectivity index (χ0n) is 5.40. The van der Waals surface area contributed by atoms with Crippen LogP contribution in [0.1, 0.15) is 6.42 Å². The van der Waals surface area contributed by atoms with E-state index in [1.807, 2.05) is 0 Å². The first-order valence-electron chi connectivity index (χ1n) is 3.08. The Kier molecular flexibility index (Phi) is 1.98. The third kappa shape index (κ3) is 1.68. The van der Waals surface area contributed by atoms with Crippen molar-refractivity contribution in [1.82, 2.24) is 0 Å². The second-order valence-electron chi connectivity index (χ2n) is 2.54. The van der Waals surface area contributed by atoms with Crippen LogP contribution >= 0.6 is 0 Å². The van der Waals surface area contributed by atoms with Gasteiger partial charge in [-0.2, -0.15) is 0 Å². The summed E-state index contributed by atoms with van der Waals surface area (Å²) in [5.41, 5.74) is 0. The molecule has 10 heavy (non-hydrogen) atoms. The van der Waals surface area contributed by atoms with Gasteiger partial charge < -0.3 is 10.2 Å². The van der Waals surface area contributed by atoms with Gasteiger partial charge in [-0.05, 0) is 6.42 Å². The van der Waals surface area contributed by atoms with Crippen LogP contribution in [0, 0.1) is 0 Å². The molecule has 0 radical (unpaired) electrons. The molecule has 1 heterocycles. The van der Waals surface area contributed by atoms with Gasteiger partial charge in [0.25, 0.3) is 0 Å². The molecule has 60 valence electrons. The molecule has 0 aromatic carbocycles. The Bertz CT molecular complexity index is 208. The molecule has 4 nitrogen and oxygen atoms in total. The van der Waals surface area contributed by atoms with Crippen LogP contribution in [0.15, 0.2) is 0 Å². The van der Waals surface area contributed by atoms with Crippen molar-refractivity contribution >= 4 is 9.84 Å². The second kappa shape index (κ2) is 2.48. The lowest BCUT2D eigenvalue weighted by atomic mass is 10.2. The molecule has 0 unspecified atom stereocenters. The van der Waals surface area contributed by atoms with Crippen molar-refractivity contribution in [3.63, 3.8) is 0 Å². The summed E-state index contributed by atoms with van der Waals surface area (Å²) in [5.74, 6) is -0.306. The third-order valence-electron chi connectivity index (χ3n) is 1.59. The standard InChI is InChI=1S/C5H10O4S/c6-4-1-2-10(8,9)3-5(4)7/h4-7H,1-3H2/t4-,5-/m0/s1. The molecule has 2 atom stereocenters. The summed E-state index contributed by atoms with van der Waals surface area (Å²) in [6.45, 7) is 0. The first-order chi connectivity index (χ1) is 4.51. The van der Waals surface area contributed by atoms with Crippen LogP contribution in [0.2, 0.25) is 0 Å². The fourth-order valence-corrected chi connectivity index (χ4v) is 2.46. The predicted molar refractivity (Wildman–Crippen MR) is 35.3 cm³/mol. The van der Waals surface area contributed by atoms with E-state index in [1.54, 1.807) is 0 Å². The molecule has 1 rings (SSSR count). The zero-order valence-corrected chi connectivity index (χ0v) is 6.21. The van der Waals surface area contributed by atoms with Crippen molar-refractivity contribution in [1.29, 1.82) is 0 Å². The van der Waals surface area contributed by atoms with E-state index in [4.69, 9.17) is 10.2 Å². The molecule has 1 aliphatic rings. The average Bonchev–Trinajstić information content (AvgIpc) is 1.79. The highest BCUT2D eigenvalue weighted by atomic mass is 32.2. The number of hydrogen-bond donors (Lipinski definition) is 2. The van der Waals surface area contributed by atoms with Crippen molar-refractivity contribution in [2.45, 2.75) is 18.6 Å². The number of aliphatic hydroxyl groups excluding tert-OH is 2. The van der Waals surface area contributed by atoms with E-state index in [-0.39, 0.29) is 17.9 Å². The fourth-order valence-electron chi connectivity index (χ4n) is 0.947. The van der Waals surface area contributed by atoms with Gasteiger partial charge in [-0.15, -0.1) is 0 Å². The van der Waals surface area contributed by atoms with E-state index in [0.29, 0.717) is 0 Å². The zero-order chi connectivity index (χ0) is 7.78. The topological polar surface area (TPSA) is 74.6 Å². The summed E-state index contributed by atoms with van der Waals surface area (Å²) >= 11 is 0. The van der Waals surface area contributed by atoms with Crippen LogP contribution in [0.4, 0.5) is 0 Å². The van der Waals surface area contributed by atoms with E-state index >= 15 is 0 Å². The molecule has 0 spiro atoms. The summed E-state index contributed by atoms with van der Waals surface area (Å²) in [7, 11) is -3.07. The summed E-state index contributed by atoms with van der Waals surface area (Å²) in [6, 6.07) is 0. The smallest absolute Gasteiger partial charge is 0.153 e. The highest BCUT2D eigenvalue weighted by Gasteiger charge is 2.29. The first-order valence-corrected chi connectivity index (χ1v) is 4.90. The summed E-state index contributed by atoms with van der Waals surface area (Å²) in [6.07, 6.45) is -1.79. The summed E-state index contributed by atoms with van der Waals surface area (Å²) in [4.78, 5) is 0. The summed E-state index contributed by atoms with van der Waals surface area (Å²) in [5, 5.41) is 17.8. The van der Waals surface area contributed by atoms with Gasteiger partial charge in [-0.3, -0.25) is 0 Å². The maximum Gasteiger partial charge on any atom is 0.153 e. The van der Waals surface area contributed by atoms with Crippen LogP contribution in [0.25, 0.3) is 0 Å². The van der Waals surface area contributed by atoms with Crippen LogP contribution in [-0.2, 0) is 9.84 Å². The minimum absolute atomic E-state index is 0.00870. The van der Waals surface area contributed by atoms with Crippen molar-refractivity contribution in [2.75, 3.05) is 11.5 Å². The number of rotatable bonds is 0. The third-order valence-corrected chi connectivity index (χ3v) is 3.30. The van der Waals surface area contributed by atoms with Gasteiger partial charge in [0.2, 0.25) is 0 Å². The molecule has 0 aromatic heterocycles. The monoisotopic (exact) mass is 166 g/mol. The van der Waals surface area contributed by atoms with E-state index in [0.717, 1.165) is 0 Å². The minimum Gasteiger partial charge on any atom is -0.390 e. The largest absolute Gasteiger partial charge is 0.390 e. The Balaban J connectivity index is 2.66. The number of hydrogen-bond acceptors (Lipinski definition) is 4. The minimum atomic E-state index is -3.07. The number of aliphatic hydroxyl groups is 2. The highest BCUT2D eigenvalue weighted by Crippen LogP contribution is 2.12. The normalized spacial score (nSPS) is 39.4. The molecule has 5 heteroatoms. The van der Waals surface area contributed by atoms with Gasteiger partial charge in [0.15, 0.2) is 9.84 Å². The molecule has 1 saturated heterocycles. The van der Waals surface area contributed by atoms with E-state index in [1.165, 1.54) is 0 Å². The molecule has 0 aromatic rings. The van der Waals surface area contributed by atoms with Gasteiger partial charge in [0.05, 0.1) is 23.7 Å². The Morgan fingerprint density at radius 2 is 1.80 bits per heavy atom. The maximum absolute atomic E-state index is 10.7. The second-order valence-corrected chi connectivity index (χ2v) is 4.77. The number of sulfone groups is 1. The quantitative estimate of drug-likeness (QED) is 0.460. The predicted octanol–water partition coefficient (Wildman–Crippen LogP) is -1.47. The lowest BCUT2D eigenvalue weighted by Gasteiger charge is -2.22. The van der Waals surface area contributed by atoms with Crippen molar-refractivity contribution in [2.24, 2.45) is 0 Å². The van der Waals surface area contributed by atoms with Gasteiger partial charge in [0, 0.05) is 0 Å². The van der Waals surface area contributed by atoms with Gasteiger partial charge >= 0.3 is 0 Å². The van der Waals surface area contributed by atoms with Crippen molar-refractivity contribution in [3.8, 4) is 0 Å². The van der Waals surface area contributed by atoms with Gasteiger partial charge in [-0.25, -0.2) is 8.42 Å². The molecule has 1 aliphatic heterocycles. The molecule has 0 bridgehead atoms. The van der Waals surface area contributed by atoms with E-state index in [2.05, 4.69) is 0 Å². The average molecular weight is 166 g/mol. The lowest BCUT2D eigenvalue weighted by Crippen LogP contribution is -2.40. The van der Waals surface area contributed by atoms with Gasteiger partial charge in [0.1, 0.15) is 0 Å². The lowest BCUT2D eigenvalue weighted by molar-refractivity contribution is 0.0275. The molecule has 1 fully saturated rings. The molecule has 2 N–H and O–H groups in total. The molecule has 0 aliphatic carbocycles. The van der Waals surface area contributed by atoms with E-state index < -0.39 is 22.0 Å². The first kappa shape index (κ1) is 7.97. The van der Waals surface area contributed by atoms with Crippen molar-refractivity contribution < 1.29 is 18.6 Å². The van der Waals surface area contributed by atoms with Crippen LogP contribution in [-0.4, -0.2) is 42.3 Å². The van der Waals surface area contributed by atoms with Crippen molar-refractivity contribution in [3.05, 3.63) is 0 Å².